The van der Waals surface area contributed by atoms with Gasteiger partial charge in [0, 0.05) is 26.1 Å². The van der Waals surface area contributed by atoms with Crippen molar-refractivity contribution in [3.05, 3.63) is 0 Å². The van der Waals surface area contributed by atoms with Crippen LogP contribution in [-0.2, 0) is 9.57 Å². The van der Waals surface area contributed by atoms with Gasteiger partial charge in [0.25, 0.3) is 0 Å². The maximum absolute atomic E-state index is 11.8. The van der Waals surface area contributed by atoms with Crippen molar-refractivity contribution in [2.24, 2.45) is 16.8 Å². The quantitative estimate of drug-likeness (QED) is 0.439. The van der Waals surface area contributed by atoms with Gasteiger partial charge in [-0.3, -0.25) is 4.99 Å². The van der Waals surface area contributed by atoms with E-state index in [4.69, 9.17) is 15.5 Å². The Morgan fingerprint density at radius 2 is 1.89 bits per heavy atom. The first-order valence-corrected chi connectivity index (χ1v) is 6.18. The van der Waals surface area contributed by atoms with Gasteiger partial charge in [0.05, 0.1) is 0 Å². The number of likely N-dealkylation sites (tertiary alicyclic amines) is 1. The van der Waals surface area contributed by atoms with E-state index in [1.165, 1.54) is 0 Å². The number of nitrogens with two attached hydrogens (primary N) is 1. The van der Waals surface area contributed by atoms with Crippen LogP contribution in [0.5, 0.6) is 0 Å². The summed E-state index contributed by atoms with van der Waals surface area (Å²) in [5.74, 6) is 5.90. The average molecular weight is 257 g/mol. The second-order valence-electron chi connectivity index (χ2n) is 5.42. The first-order chi connectivity index (χ1) is 8.37. The SMILES string of the molecule is CN=C(ON)C1CCN(C(=O)OC(C)(C)C)CC1. The van der Waals surface area contributed by atoms with Crippen molar-refractivity contribution in [1.29, 1.82) is 0 Å². The molecule has 0 radical (unpaired) electrons. The molecule has 6 heteroatoms. The lowest BCUT2D eigenvalue weighted by atomic mass is 9.97. The first-order valence-electron chi connectivity index (χ1n) is 6.18. The van der Waals surface area contributed by atoms with Crippen LogP contribution in [-0.4, -0.2) is 42.6 Å². The minimum absolute atomic E-state index is 0.193. The third-order valence-electron chi connectivity index (χ3n) is 2.84. The van der Waals surface area contributed by atoms with Crippen LogP contribution in [0.4, 0.5) is 4.79 Å². The maximum Gasteiger partial charge on any atom is 0.410 e. The summed E-state index contributed by atoms with van der Waals surface area (Å²) in [7, 11) is 1.66. The van der Waals surface area contributed by atoms with Gasteiger partial charge in [-0.25, -0.2) is 4.79 Å². The molecule has 0 aromatic heterocycles. The fraction of sp³-hybridized carbons (Fsp3) is 0.833. The largest absolute Gasteiger partial charge is 0.444 e. The molecule has 1 heterocycles. The summed E-state index contributed by atoms with van der Waals surface area (Å²) >= 11 is 0. The molecule has 0 aliphatic carbocycles. The number of nitrogens with zero attached hydrogens (tertiary/aromatic N) is 2. The van der Waals surface area contributed by atoms with Crippen molar-refractivity contribution < 1.29 is 14.4 Å². The summed E-state index contributed by atoms with van der Waals surface area (Å²) in [5.41, 5.74) is -0.454. The highest BCUT2D eigenvalue weighted by Crippen LogP contribution is 2.20. The molecule has 0 atom stereocenters. The van der Waals surface area contributed by atoms with E-state index in [-0.39, 0.29) is 12.0 Å². The topological polar surface area (TPSA) is 77.2 Å². The Morgan fingerprint density at radius 1 is 1.33 bits per heavy atom. The Bertz CT molecular complexity index is 315. The van der Waals surface area contributed by atoms with Gasteiger partial charge < -0.3 is 14.5 Å². The van der Waals surface area contributed by atoms with Crippen molar-refractivity contribution in [2.45, 2.75) is 39.2 Å². The zero-order chi connectivity index (χ0) is 13.8. The summed E-state index contributed by atoms with van der Waals surface area (Å²) in [5, 5.41) is 0. The van der Waals surface area contributed by atoms with E-state index in [0.29, 0.717) is 19.0 Å². The molecular formula is C12H23N3O3. The van der Waals surface area contributed by atoms with Gasteiger partial charge >= 0.3 is 6.09 Å². The summed E-state index contributed by atoms with van der Waals surface area (Å²) in [6.45, 7) is 6.87. The maximum atomic E-state index is 11.8. The van der Waals surface area contributed by atoms with Gasteiger partial charge in [0.1, 0.15) is 5.60 Å². The van der Waals surface area contributed by atoms with Gasteiger partial charge in [0.15, 0.2) is 0 Å². The van der Waals surface area contributed by atoms with Crippen molar-refractivity contribution >= 4 is 12.0 Å². The molecule has 0 unspecified atom stereocenters. The molecule has 1 aliphatic heterocycles. The summed E-state index contributed by atoms with van der Waals surface area (Å²) in [4.78, 5) is 22.3. The highest BCUT2D eigenvalue weighted by molar-refractivity contribution is 5.78. The molecule has 0 bridgehead atoms. The van der Waals surface area contributed by atoms with Gasteiger partial charge in [-0.2, -0.15) is 5.90 Å². The lowest BCUT2D eigenvalue weighted by molar-refractivity contribution is 0.0195. The van der Waals surface area contributed by atoms with Gasteiger partial charge in [0.2, 0.25) is 5.90 Å². The molecule has 6 nitrogen and oxygen atoms in total. The van der Waals surface area contributed by atoms with Crippen LogP contribution < -0.4 is 5.90 Å². The second-order valence-corrected chi connectivity index (χ2v) is 5.42. The number of ether oxygens (including phenoxy) is 1. The molecule has 1 saturated heterocycles. The van der Waals surface area contributed by atoms with Crippen molar-refractivity contribution in [2.75, 3.05) is 20.1 Å². The highest BCUT2D eigenvalue weighted by Gasteiger charge is 2.29. The number of aliphatic imine (C=N–C) groups is 1. The van der Waals surface area contributed by atoms with Crippen LogP contribution in [0.2, 0.25) is 0 Å². The number of rotatable bonds is 1. The van der Waals surface area contributed by atoms with Crippen LogP contribution in [0.15, 0.2) is 4.99 Å². The molecule has 0 spiro atoms. The molecule has 1 amide bonds. The van der Waals surface area contributed by atoms with Crippen LogP contribution in [0.1, 0.15) is 33.6 Å². The monoisotopic (exact) mass is 257 g/mol. The Kier molecular flexibility index (Phi) is 4.95. The van der Waals surface area contributed by atoms with E-state index in [9.17, 15) is 4.79 Å². The normalized spacial score (nSPS) is 18.7. The summed E-state index contributed by atoms with van der Waals surface area (Å²) in [6.07, 6.45) is 1.33. The number of hydrogen-bond donors (Lipinski definition) is 1. The van der Waals surface area contributed by atoms with Crippen LogP contribution in [0.3, 0.4) is 0 Å². The molecule has 2 N–H and O–H groups in total. The molecular weight excluding hydrogens is 234 g/mol. The average Bonchev–Trinajstić information content (AvgIpc) is 2.29. The van der Waals surface area contributed by atoms with Gasteiger partial charge in [-0.15, -0.1) is 0 Å². The predicted molar refractivity (Wildman–Crippen MR) is 69.2 cm³/mol. The van der Waals surface area contributed by atoms with Crippen LogP contribution in [0, 0.1) is 5.92 Å². The number of carbonyl (C=O) groups excluding carboxylic acids is 1. The number of piperidine rings is 1. The molecule has 0 saturated carbocycles. The highest BCUT2D eigenvalue weighted by atomic mass is 16.6. The standard InChI is InChI=1S/C12H23N3O3/c1-12(2,3)17-11(16)15-7-5-9(6-8-15)10(14-4)18-13/h9H,5-8,13H2,1-4H3. The minimum Gasteiger partial charge on any atom is -0.444 e. The Labute approximate surface area is 108 Å². The lowest BCUT2D eigenvalue weighted by Gasteiger charge is -2.33. The van der Waals surface area contributed by atoms with E-state index >= 15 is 0 Å². The third kappa shape index (κ3) is 4.18. The second kappa shape index (κ2) is 6.04. The summed E-state index contributed by atoms with van der Waals surface area (Å²) in [6, 6.07) is 0. The van der Waals surface area contributed by atoms with Crippen molar-refractivity contribution in [3.8, 4) is 0 Å². The van der Waals surface area contributed by atoms with Gasteiger partial charge in [-0.1, -0.05) is 0 Å². The van der Waals surface area contributed by atoms with Crippen molar-refractivity contribution in [1.82, 2.24) is 4.90 Å². The minimum atomic E-state index is -0.454. The van der Waals surface area contributed by atoms with Gasteiger partial charge in [-0.05, 0) is 33.6 Å². The molecule has 0 aromatic carbocycles. The number of amides is 1. The fourth-order valence-electron chi connectivity index (χ4n) is 1.97. The third-order valence-corrected chi connectivity index (χ3v) is 2.84. The molecule has 0 aromatic rings. The van der Waals surface area contributed by atoms with Crippen molar-refractivity contribution in [3.63, 3.8) is 0 Å². The lowest BCUT2D eigenvalue weighted by Crippen LogP contribution is -2.43. The molecule has 18 heavy (non-hydrogen) atoms. The number of hydrogen-bond acceptors (Lipinski definition) is 5. The molecule has 1 aliphatic rings. The summed E-state index contributed by atoms with van der Waals surface area (Å²) < 4.78 is 5.33. The smallest absolute Gasteiger partial charge is 0.410 e. The van der Waals surface area contributed by atoms with E-state index in [0.717, 1.165) is 12.8 Å². The zero-order valence-corrected chi connectivity index (χ0v) is 11.6. The number of carbonyl (C=O) groups is 1. The Morgan fingerprint density at radius 3 is 2.28 bits per heavy atom. The zero-order valence-electron chi connectivity index (χ0n) is 11.6. The first kappa shape index (κ1) is 14.8. The van der Waals surface area contributed by atoms with E-state index < -0.39 is 5.60 Å². The molecule has 1 fully saturated rings. The van der Waals surface area contributed by atoms with Crippen LogP contribution >= 0.6 is 0 Å². The molecule has 104 valence electrons. The van der Waals surface area contributed by atoms with E-state index in [1.807, 2.05) is 20.8 Å². The Balaban J connectivity index is 2.47. The van der Waals surface area contributed by atoms with E-state index in [1.54, 1.807) is 11.9 Å². The fourth-order valence-corrected chi connectivity index (χ4v) is 1.97. The van der Waals surface area contributed by atoms with E-state index in [2.05, 4.69) is 4.99 Å². The molecule has 1 rings (SSSR count). The van der Waals surface area contributed by atoms with Crippen LogP contribution in [0.25, 0.3) is 0 Å². The predicted octanol–water partition coefficient (Wildman–Crippen LogP) is 1.55. The Hall–Kier alpha value is -1.30.